The quantitative estimate of drug-likeness (QED) is 0.790. The van der Waals surface area contributed by atoms with E-state index in [1.807, 2.05) is 13.2 Å². The first-order valence-corrected chi connectivity index (χ1v) is 8.63. The monoisotopic (exact) mass is 306 g/mol. The molecule has 0 saturated carbocycles. The van der Waals surface area contributed by atoms with Crippen LogP contribution in [-0.4, -0.2) is 26.5 Å². The van der Waals surface area contributed by atoms with Gasteiger partial charge >= 0.3 is 0 Å². The number of hydrogen-bond donors (Lipinski definition) is 2. The van der Waals surface area contributed by atoms with Crippen molar-refractivity contribution in [1.29, 1.82) is 0 Å². The van der Waals surface area contributed by atoms with Gasteiger partial charge in [0.1, 0.15) is 5.82 Å². The molecule has 0 bridgehead atoms. The molecule has 1 rings (SSSR count). The van der Waals surface area contributed by atoms with Crippen LogP contribution in [0.2, 0.25) is 0 Å². The molecule has 1 unspecified atom stereocenters. The van der Waals surface area contributed by atoms with Crippen molar-refractivity contribution >= 4 is 27.5 Å². The highest BCUT2D eigenvalue weighted by atomic mass is 32.2. The fraction of sp³-hybridized carbons (Fsp3) is 0.500. The van der Waals surface area contributed by atoms with Gasteiger partial charge < -0.3 is 5.73 Å². The normalized spacial score (nSPS) is 13.5. The minimum absolute atomic E-state index is 0.134. The first-order chi connectivity index (χ1) is 8.77. The van der Waals surface area contributed by atoms with Crippen LogP contribution in [-0.2, 0) is 10.0 Å². The van der Waals surface area contributed by atoms with Crippen molar-refractivity contribution in [3.8, 4) is 0 Å². The summed E-state index contributed by atoms with van der Waals surface area (Å²) in [6.07, 6.45) is 2.68. The molecule has 7 heteroatoms. The van der Waals surface area contributed by atoms with Gasteiger partial charge in [-0.3, -0.25) is 0 Å². The van der Waals surface area contributed by atoms with Gasteiger partial charge in [-0.05, 0) is 31.7 Å². The minimum Gasteiger partial charge on any atom is -0.398 e. The Morgan fingerprint density at radius 3 is 2.63 bits per heavy atom. The zero-order valence-corrected chi connectivity index (χ0v) is 12.9. The number of nitrogens with one attached hydrogen (secondary N) is 1. The van der Waals surface area contributed by atoms with Gasteiger partial charge in [0.05, 0.1) is 4.90 Å². The first kappa shape index (κ1) is 16.3. The van der Waals surface area contributed by atoms with Crippen LogP contribution in [0.3, 0.4) is 0 Å². The lowest BCUT2D eigenvalue weighted by atomic mass is 10.2. The lowest BCUT2D eigenvalue weighted by Gasteiger charge is -2.11. The summed E-state index contributed by atoms with van der Waals surface area (Å²) in [5.74, 6) is -0.613. The standard InChI is InChI=1S/C12H19FN2O2S2/c1-8(18-3)4-5-15-19(16,17)10-6-11(13)9(2)12(14)7-10/h6-8,15H,4-5,14H2,1-3H3. The summed E-state index contributed by atoms with van der Waals surface area (Å²) < 4.78 is 39.9. The summed E-state index contributed by atoms with van der Waals surface area (Å²) in [4.78, 5) is -0.134. The van der Waals surface area contributed by atoms with Crippen molar-refractivity contribution in [3.05, 3.63) is 23.5 Å². The Labute approximate surface area is 118 Å². The third kappa shape index (κ3) is 4.36. The minimum atomic E-state index is -3.71. The van der Waals surface area contributed by atoms with E-state index in [1.165, 1.54) is 13.0 Å². The molecule has 1 aromatic rings. The maximum atomic E-state index is 13.5. The summed E-state index contributed by atoms with van der Waals surface area (Å²) in [7, 11) is -3.71. The van der Waals surface area contributed by atoms with Gasteiger partial charge in [0.15, 0.2) is 0 Å². The molecule has 0 radical (unpaired) electrons. The second-order valence-corrected chi connectivity index (χ2v) is 7.40. The molecule has 0 amide bonds. The summed E-state index contributed by atoms with van der Waals surface area (Å²) in [6.45, 7) is 3.84. The highest BCUT2D eigenvalue weighted by Crippen LogP contribution is 2.21. The Morgan fingerprint density at radius 2 is 2.11 bits per heavy atom. The number of sulfonamides is 1. The molecule has 0 spiro atoms. The topological polar surface area (TPSA) is 72.2 Å². The van der Waals surface area contributed by atoms with Crippen molar-refractivity contribution in [2.45, 2.75) is 30.4 Å². The third-order valence-electron chi connectivity index (χ3n) is 2.91. The molecule has 0 aliphatic carbocycles. The van der Waals surface area contributed by atoms with E-state index in [4.69, 9.17) is 5.73 Å². The van der Waals surface area contributed by atoms with Crippen molar-refractivity contribution in [1.82, 2.24) is 4.72 Å². The summed E-state index contributed by atoms with van der Waals surface area (Å²) in [5, 5.41) is 0.363. The van der Waals surface area contributed by atoms with Gasteiger partial charge in [0.25, 0.3) is 0 Å². The highest BCUT2D eigenvalue weighted by molar-refractivity contribution is 7.99. The maximum absolute atomic E-state index is 13.5. The molecule has 19 heavy (non-hydrogen) atoms. The van der Waals surface area contributed by atoms with E-state index in [0.717, 1.165) is 6.07 Å². The summed E-state index contributed by atoms with van der Waals surface area (Å²) in [6, 6.07) is 2.27. The smallest absolute Gasteiger partial charge is 0.240 e. The fourth-order valence-corrected chi connectivity index (χ4v) is 2.87. The van der Waals surface area contributed by atoms with Crippen molar-refractivity contribution < 1.29 is 12.8 Å². The molecule has 4 nitrogen and oxygen atoms in total. The van der Waals surface area contributed by atoms with E-state index in [2.05, 4.69) is 4.72 Å². The second kappa shape index (κ2) is 6.58. The third-order valence-corrected chi connectivity index (χ3v) is 5.39. The molecule has 1 aromatic carbocycles. The van der Waals surface area contributed by atoms with Gasteiger partial charge in [-0.15, -0.1) is 0 Å². The summed E-state index contributed by atoms with van der Waals surface area (Å²) >= 11 is 1.66. The number of nitrogens with two attached hydrogens (primary N) is 1. The van der Waals surface area contributed by atoms with Crippen LogP contribution in [0.25, 0.3) is 0 Å². The average molecular weight is 306 g/mol. The van der Waals surface area contributed by atoms with E-state index in [9.17, 15) is 12.8 Å². The zero-order valence-electron chi connectivity index (χ0n) is 11.2. The van der Waals surface area contributed by atoms with E-state index < -0.39 is 15.8 Å². The molecule has 3 N–H and O–H groups in total. The van der Waals surface area contributed by atoms with Crippen molar-refractivity contribution in [2.75, 3.05) is 18.5 Å². The lowest BCUT2D eigenvalue weighted by molar-refractivity contribution is 0.574. The van der Waals surface area contributed by atoms with E-state index in [0.29, 0.717) is 18.2 Å². The predicted molar refractivity (Wildman–Crippen MR) is 78.3 cm³/mol. The lowest BCUT2D eigenvalue weighted by Crippen LogP contribution is -2.26. The van der Waals surface area contributed by atoms with Crippen LogP contribution in [0, 0.1) is 12.7 Å². The molecule has 108 valence electrons. The molecule has 0 aliphatic heterocycles. The molecule has 1 atom stereocenters. The van der Waals surface area contributed by atoms with Gasteiger partial charge in [0, 0.05) is 23.0 Å². The van der Waals surface area contributed by atoms with Gasteiger partial charge in [-0.1, -0.05) is 6.92 Å². The SMILES string of the molecule is CSC(C)CCNS(=O)(=O)c1cc(N)c(C)c(F)c1. The molecular weight excluding hydrogens is 287 g/mol. The number of benzene rings is 1. The number of thioether (sulfide) groups is 1. The average Bonchev–Trinajstić information content (AvgIpc) is 2.34. The van der Waals surface area contributed by atoms with Crippen LogP contribution in [0.5, 0.6) is 0 Å². The first-order valence-electron chi connectivity index (χ1n) is 5.86. The summed E-state index contributed by atoms with van der Waals surface area (Å²) in [5.41, 5.74) is 5.98. The van der Waals surface area contributed by atoms with Gasteiger partial charge in [-0.25, -0.2) is 17.5 Å². The number of rotatable bonds is 6. The van der Waals surface area contributed by atoms with Crippen molar-refractivity contribution in [3.63, 3.8) is 0 Å². The molecular formula is C12H19FN2O2S2. The molecule has 0 aromatic heterocycles. The van der Waals surface area contributed by atoms with Crippen LogP contribution >= 0.6 is 11.8 Å². The maximum Gasteiger partial charge on any atom is 0.240 e. The van der Waals surface area contributed by atoms with Gasteiger partial charge in [0.2, 0.25) is 10.0 Å². The number of halogens is 1. The van der Waals surface area contributed by atoms with Gasteiger partial charge in [-0.2, -0.15) is 11.8 Å². The molecule has 0 aliphatic rings. The zero-order chi connectivity index (χ0) is 14.6. The van der Waals surface area contributed by atoms with Crippen LogP contribution in [0.4, 0.5) is 10.1 Å². The predicted octanol–water partition coefficient (Wildman–Crippen LogP) is 2.14. The van der Waals surface area contributed by atoms with Crippen molar-refractivity contribution in [2.24, 2.45) is 0 Å². The van der Waals surface area contributed by atoms with E-state index in [-0.39, 0.29) is 16.1 Å². The highest BCUT2D eigenvalue weighted by Gasteiger charge is 2.17. The van der Waals surface area contributed by atoms with Crippen LogP contribution in [0.1, 0.15) is 18.9 Å². The Morgan fingerprint density at radius 1 is 1.47 bits per heavy atom. The Kier molecular flexibility index (Phi) is 5.64. The number of anilines is 1. The largest absolute Gasteiger partial charge is 0.398 e. The number of hydrogen-bond acceptors (Lipinski definition) is 4. The Bertz CT molecular complexity index is 524. The van der Waals surface area contributed by atoms with Crippen LogP contribution in [0.15, 0.2) is 17.0 Å². The second-order valence-electron chi connectivity index (χ2n) is 4.35. The molecule has 0 saturated heterocycles. The van der Waals surface area contributed by atoms with E-state index in [1.54, 1.807) is 11.8 Å². The Balaban J connectivity index is 2.83. The molecule has 0 heterocycles. The fourth-order valence-electron chi connectivity index (χ4n) is 1.43. The number of nitrogen functional groups attached to an aromatic ring is 1. The van der Waals surface area contributed by atoms with Crippen LogP contribution < -0.4 is 10.5 Å². The Hall–Kier alpha value is -0.790. The molecule has 0 fully saturated rings. The van der Waals surface area contributed by atoms with E-state index >= 15 is 0 Å².